The normalized spacial score (nSPS) is 20.6. The average Bonchev–Trinajstić information content (AvgIpc) is 3.92. The van der Waals surface area contributed by atoms with E-state index in [1.54, 1.807) is 12.1 Å². The van der Waals surface area contributed by atoms with Crippen molar-refractivity contribution >= 4 is 26.1 Å². The first kappa shape index (κ1) is 40.7. The summed E-state index contributed by atoms with van der Waals surface area (Å²) in [5.74, 6) is 0.948. The number of nitrogens with zero attached hydrogens (tertiary/aromatic N) is 2. The van der Waals surface area contributed by atoms with Crippen LogP contribution in [0.25, 0.3) is 0 Å². The summed E-state index contributed by atoms with van der Waals surface area (Å²) < 4.78 is 86.2. The monoisotopic (exact) mass is 803 g/mol. The summed E-state index contributed by atoms with van der Waals surface area (Å²) in [5.41, 5.74) is 0.0302. The first-order valence-electron chi connectivity index (χ1n) is 18.2. The van der Waals surface area contributed by atoms with E-state index in [0.29, 0.717) is 37.4 Å². The molecule has 0 spiro atoms. The van der Waals surface area contributed by atoms with Crippen LogP contribution in [0.3, 0.4) is 0 Å². The maximum Gasteiger partial charge on any atom is 0.407 e. The average molecular weight is 804 g/mol. The van der Waals surface area contributed by atoms with Crippen molar-refractivity contribution in [1.82, 2.24) is 13.9 Å². The number of aliphatic hydroxyl groups is 1. The van der Waals surface area contributed by atoms with Gasteiger partial charge in [-0.15, -0.1) is 0 Å². The Morgan fingerprint density at radius 1 is 0.982 bits per heavy atom. The Hall–Kier alpha value is -3.97. The summed E-state index contributed by atoms with van der Waals surface area (Å²) in [7, 11) is -6.64. The summed E-state index contributed by atoms with van der Waals surface area (Å²) in [6, 6.07) is 17.8. The van der Waals surface area contributed by atoms with Gasteiger partial charge in [0.25, 0.3) is 0 Å². The Labute approximate surface area is 322 Å². The molecule has 17 heteroatoms. The largest absolute Gasteiger partial charge is 0.497 e. The Kier molecular flexibility index (Phi) is 12.6. The van der Waals surface area contributed by atoms with Crippen molar-refractivity contribution in [2.45, 2.75) is 73.8 Å². The summed E-state index contributed by atoms with van der Waals surface area (Å²) in [6.07, 6.45) is -1.82. The van der Waals surface area contributed by atoms with Crippen molar-refractivity contribution in [3.63, 3.8) is 0 Å². The van der Waals surface area contributed by atoms with Crippen LogP contribution in [0, 0.1) is 11.3 Å². The Bertz CT molecular complexity index is 2000. The highest BCUT2D eigenvalue weighted by Crippen LogP contribution is 2.38. The van der Waals surface area contributed by atoms with Gasteiger partial charge >= 0.3 is 6.09 Å². The number of nitrogens with one attached hydrogen (secondary N) is 1. The molecule has 0 saturated carbocycles. The van der Waals surface area contributed by atoms with Gasteiger partial charge in [-0.3, -0.25) is 4.90 Å². The summed E-state index contributed by atoms with van der Waals surface area (Å²) in [4.78, 5) is 14.3. The molecule has 3 aliphatic heterocycles. The zero-order valence-electron chi connectivity index (χ0n) is 31.1. The van der Waals surface area contributed by atoms with Gasteiger partial charge in [0.1, 0.15) is 5.75 Å². The fourth-order valence-electron chi connectivity index (χ4n) is 7.47. The molecule has 55 heavy (non-hydrogen) atoms. The van der Waals surface area contributed by atoms with Crippen LogP contribution in [-0.2, 0) is 35.9 Å². The van der Waals surface area contributed by atoms with Gasteiger partial charge in [0.2, 0.25) is 26.8 Å². The molecule has 6 rings (SSSR count). The lowest BCUT2D eigenvalue weighted by Gasteiger charge is -2.40. The molecule has 0 aliphatic carbocycles. The van der Waals surface area contributed by atoms with Crippen molar-refractivity contribution in [2.24, 2.45) is 11.3 Å². The highest BCUT2D eigenvalue weighted by Gasteiger charge is 2.49. The van der Waals surface area contributed by atoms with Crippen LogP contribution in [0.4, 0.5) is 4.79 Å². The lowest BCUT2D eigenvalue weighted by molar-refractivity contribution is -0.0906. The van der Waals surface area contributed by atoms with Crippen LogP contribution in [0.5, 0.6) is 17.2 Å². The number of ether oxygens (including phenoxy) is 5. The molecule has 2 saturated heterocycles. The van der Waals surface area contributed by atoms with Gasteiger partial charge in [-0.25, -0.2) is 26.4 Å². The highest BCUT2D eigenvalue weighted by atomic mass is 32.2. The van der Waals surface area contributed by atoms with E-state index in [0.717, 1.165) is 5.56 Å². The van der Waals surface area contributed by atoms with Crippen molar-refractivity contribution in [3.05, 3.63) is 78.4 Å². The Morgan fingerprint density at radius 3 is 2.40 bits per heavy atom. The predicted octanol–water partition coefficient (Wildman–Crippen LogP) is 3.91. The molecule has 2 fully saturated rings. The minimum Gasteiger partial charge on any atom is -0.497 e. The molecule has 3 aliphatic rings. The van der Waals surface area contributed by atoms with Crippen LogP contribution in [0.2, 0.25) is 0 Å². The third kappa shape index (κ3) is 9.53. The van der Waals surface area contributed by atoms with E-state index in [1.807, 2.05) is 44.2 Å². The molecule has 5 atom stereocenters. The van der Waals surface area contributed by atoms with Crippen molar-refractivity contribution in [2.75, 3.05) is 46.8 Å². The standard InChI is InChI=1S/C38H49N3O12S2/c1-38(2,17-7-18-39-54(45,46)28-12-10-27(49-3)11-13-28)24-40(55(47,48)29-14-15-34-35(21-29)53-25-52-34)22-33(42)31(20-26-8-5-4-6-9-26)41(37(43)44)32-23-51-36-30(32)16-19-50-36/h4-6,8-15,21,30-33,36,39,42H,7,16-20,22-25H2,1-3H3,(H,43,44)/t30-,31-,32-,33+,36+/m0/s1. The molecular weight excluding hydrogens is 755 g/mol. The second-order valence-electron chi connectivity index (χ2n) is 14.8. The van der Waals surface area contributed by atoms with Crippen LogP contribution in [0.1, 0.15) is 38.7 Å². The minimum absolute atomic E-state index is 0.0551. The molecule has 3 heterocycles. The summed E-state index contributed by atoms with van der Waals surface area (Å²) >= 11 is 0. The molecule has 3 aromatic rings. The number of sulfonamides is 2. The molecule has 0 bridgehead atoms. The number of benzene rings is 3. The number of aliphatic hydroxyl groups excluding tert-OH is 1. The second-order valence-corrected chi connectivity index (χ2v) is 18.5. The maximum atomic E-state index is 14.6. The molecule has 0 aromatic heterocycles. The fourth-order valence-corrected chi connectivity index (χ4v) is 10.2. The molecular formula is C38H49N3O12S2. The number of hydrogen-bond acceptors (Lipinski definition) is 11. The number of methoxy groups -OCH3 is 1. The minimum atomic E-state index is -4.33. The predicted molar refractivity (Wildman–Crippen MR) is 200 cm³/mol. The molecule has 3 N–H and O–H groups in total. The number of carboxylic acid groups (broad SMARTS) is 1. The van der Waals surface area contributed by atoms with E-state index < -0.39 is 62.6 Å². The molecule has 300 valence electrons. The van der Waals surface area contributed by atoms with Crippen molar-refractivity contribution in [1.29, 1.82) is 0 Å². The number of rotatable bonds is 18. The van der Waals surface area contributed by atoms with Gasteiger partial charge in [-0.05, 0) is 73.1 Å². The third-order valence-electron chi connectivity index (χ3n) is 10.3. The number of carbonyl (C=O) groups is 1. The van der Waals surface area contributed by atoms with Gasteiger partial charge in [0, 0.05) is 31.6 Å². The summed E-state index contributed by atoms with van der Waals surface area (Å²) in [5, 5.41) is 22.8. The molecule has 3 aromatic carbocycles. The maximum absolute atomic E-state index is 14.6. The first-order chi connectivity index (χ1) is 26.2. The van der Waals surface area contributed by atoms with Gasteiger partial charge in [-0.2, -0.15) is 4.31 Å². The van der Waals surface area contributed by atoms with E-state index in [2.05, 4.69) is 4.72 Å². The second kappa shape index (κ2) is 17.0. The number of hydrogen-bond donors (Lipinski definition) is 3. The Balaban J connectivity index is 1.25. The zero-order valence-corrected chi connectivity index (χ0v) is 32.7. The zero-order chi connectivity index (χ0) is 39.4. The third-order valence-corrected chi connectivity index (χ3v) is 13.6. The molecule has 0 radical (unpaired) electrons. The van der Waals surface area contributed by atoms with Crippen molar-refractivity contribution in [3.8, 4) is 17.2 Å². The van der Waals surface area contributed by atoms with E-state index in [1.165, 1.54) is 46.6 Å². The molecule has 0 unspecified atom stereocenters. The first-order valence-corrected chi connectivity index (χ1v) is 21.1. The Morgan fingerprint density at radius 2 is 1.69 bits per heavy atom. The lowest BCUT2D eigenvalue weighted by atomic mass is 9.87. The van der Waals surface area contributed by atoms with Gasteiger partial charge in [-0.1, -0.05) is 44.2 Å². The molecule has 1 amide bonds. The van der Waals surface area contributed by atoms with Gasteiger partial charge in [0.05, 0.1) is 48.3 Å². The van der Waals surface area contributed by atoms with E-state index >= 15 is 0 Å². The van der Waals surface area contributed by atoms with Crippen LogP contribution < -0.4 is 18.9 Å². The van der Waals surface area contributed by atoms with E-state index in [4.69, 9.17) is 23.7 Å². The number of fused-ring (bicyclic) bond motifs is 2. The van der Waals surface area contributed by atoms with Gasteiger partial charge < -0.3 is 33.9 Å². The van der Waals surface area contributed by atoms with Crippen LogP contribution in [-0.4, -0.2) is 114 Å². The van der Waals surface area contributed by atoms with E-state index in [-0.39, 0.29) is 54.4 Å². The quantitative estimate of drug-likeness (QED) is 0.158. The topological polar surface area (TPSA) is 190 Å². The van der Waals surface area contributed by atoms with E-state index in [9.17, 15) is 31.8 Å². The highest BCUT2D eigenvalue weighted by molar-refractivity contribution is 7.89. The summed E-state index contributed by atoms with van der Waals surface area (Å²) in [6.45, 7) is 3.74. The smallest absolute Gasteiger partial charge is 0.407 e. The van der Waals surface area contributed by atoms with Crippen molar-refractivity contribution < 1.29 is 55.5 Å². The SMILES string of the molecule is COc1ccc(S(=O)(=O)NCCCC(C)(C)CN(C[C@@H](O)[C@H](Cc2ccccc2)N(C(=O)O)[C@H]2CO[C@H]3OCC[C@H]32)S(=O)(=O)c2ccc3c(c2)OCO3)cc1. The lowest BCUT2D eigenvalue weighted by Crippen LogP contribution is -2.58. The van der Waals surface area contributed by atoms with Gasteiger partial charge in [0.15, 0.2) is 17.8 Å². The van der Waals surface area contributed by atoms with Crippen LogP contribution in [0.15, 0.2) is 82.6 Å². The molecule has 15 nitrogen and oxygen atoms in total. The number of amides is 1. The van der Waals surface area contributed by atoms with Crippen LogP contribution >= 0.6 is 0 Å². The fraction of sp³-hybridized carbons (Fsp3) is 0.500.